The van der Waals surface area contributed by atoms with Crippen LogP contribution in [0.1, 0.15) is 48.3 Å². The molecule has 8 nitrogen and oxygen atoms in total. The Morgan fingerprint density at radius 2 is 1.78 bits per heavy atom. The Balaban J connectivity index is 1.55. The van der Waals surface area contributed by atoms with Crippen LogP contribution in [0.2, 0.25) is 0 Å². The number of rotatable bonds is 10. The van der Waals surface area contributed by atoms with Gasteiger partial charge in [0.1, 0.15) is 11.9 Å². The molecule has 2 aromatic carbocycles. The van der Waals surface area contributed by atoms with Crippen molar-refractivity contribution in [3.8, 4) is 0 Å². The van der Waals surface area contributed by atoms with Crippen LogP contribution in [-0.4, -0.2) is 52.0 Å². The van der Waals surface area contributed by atoms with Gasteiger partial charge >= 0.3 is 0 Å². The van der Waals surface area contributed by atoms with Crippen molar-refractivity contribution in [1.29, 1.82) is 5.41 Å². The van der Waals surface area contributed by atoms with Gasteiger partial charge in [-0.25, -0.2) is 0 Å². The summed E-state index contributed by atoms with van der Waals surface area (Å²) in [6.07, 6.45) is 1.78. The van der Waals surface area contributed by atoms with Crippen molar-refractivity contribution in [2.45, 2.75) is 44.2 Å². The number of hydrogen-bond acceptors (Lipinski definition) is 5. The van der Waals surface area contributed by atoms with Crippen LogP contribution in [0.25, 0.3) is 0 Å². The Kier molecular flexibility index (Phi) is 7.97. The molecule has 2 amide bonds. The van der Waals surface area contributed by atoms with E-state index in [1.165, 1.54) is 29.7 Å². The normalized spacial score (nSPS) is 14.3. The molecule has 0 spiro atoms. The number of anilines is 1. The predicted molar refractivity (Wildman–Crippen MR) is 122 cm³/mol. The van der Waals surface area contributed by atoms with Gasteiger partial charge in [-0.2, -0.15) is 0 Å². The van der Waals surface area contributed by atoms with Crippen LogP contribution in [0.4, 0.5) is 5.69 Å². The number of nitrogens with two attached hydrogens (primary N) is 1. The fourth-order valence-corrected chi connectivity index (χ4v) is 3.62. The van der Waals surface area contributed by atoms with Crippen molar-refractivity contribution >= 4 is 23.3 Å². The predicted octanol–water partition coefficient (Wildman–Crippen LogP) is 1.95. The third-order valence-corrected chi connectivity index (χ3v) is 5.79. The van der Waals surface area contributed by atoms with Crippen LogP contribution >= 0.6 is 0 Å². The van der Waals surface area contributed by atoms with Crippen molar-refractivity contribution < 1.29 is 19.8 Å². The minimum absolute atomic E-state index is 0.0878. The van der Waals surface area contributed by atoms with Crippen LogP contribution in [0.15, 0.2) is 48.5 Å². The van der Waals surface area contributed by atoms with Crippen molar-refractivity contribution in [3.05, 3.63) is 65.2 Å². The molecule has 32 heavy (non-hydrogen) atoms. The zero-order valence-electron chi connectivity index (χ0n) is 18.0. The average Bonchev–Trinajstić information content (AvgIpc) is 2.73. The fourth-order valence-electron chi connectivity index (χ4n) is 3.62. The number of nitrogens with one attached hydrogen (secondary N) is 2. The highest BCUT2D eigenvalue weighted by Gasteiger charge is 2.23. The van der Waals surface area contributed by atoms with Crippen LogP contribution in [0.5, 0.6) is 0 Å². The molecule has 3 rings (SSSR count). The molecule has 1 saturated carbocycles. The van der Waals surface area contributed by atoms with Crippen LogP contribution < -0.4 is 11.1 Å². The first kappa shape index (κ1) is 23.4. The summed E-state index contributed by atoms with van der Waals surface area (Å²) in [5.41, 5.74) is 8.58. The van der Waals surface area contributed by atoms with Crippen molar-refractivity contribution in [2.24, 2.45) is 5.73 Å². The maximum Gasteiger partial charge on any atom is 0.253 e. The third kappa shape index (κ3) is 6.15. The maximum atomic E-state index is 12.7. The fraction of sp³-hybridized carbons (Fsp3) is 0.375. The van der Waals surface area contributed by atoms with E-state index in [-0.39, 0.29) is 19.0 Å². The van der Waals surface area contributed by atoms with E-state index in [1.54, 1.807) is 24.3 Å². The van der Waals surface area contributed by atoms with Gasteiger partial charge in [0, 0.05) is 24.3 Å². The van der Waals surface area contributed by atoms with E-state index in [9.17, 15) is 19.8 Å². The molecule has 1 aliphatic carbocycles. The number of benzene rings is 2. The van der Waals surface area contributed by atoms with Gasteiger partial charge in [-0.1, -0.05) is 30.7 Å². The minimum atomic E-state index is -1.53. The molecule has 0 bridgehead atoms. The molecule has 170 valence electrons. The summed E-state index contributed by atoms with van der Waals surface area (Å²) in [5.74, 6) is -0.582. The number of aliphatic hydroxyl groups is 2. The number of carbonyl (C=O) groups is 2. The quantitative estimate of drug-likeness (QED) is 0.285. The van der Waals surface area contributed by atoms with Gasteiger partial charge in [0.25, 0.3) is 5.91 Å². The molecule has 1 aliphatic rings. The van der Waals surface area contributed by atoms with Gasteiger partial charge in [-0.3, -0.25) is 15.0 Å². The summed E-state index contributed by atoms with van der Waals surface area (Å²) in [6.45, 7) is 0.200. The second-order valence-electron chi connectivity index (χ2n) is 8.11. The van der Waals surface area contributed by atoms with Gasteiger partial charge in [0.2, 0.25) is 5.91 Å². The third-order valence-electron chi connectivity index (χ3n) is 5.79. The zero-order chi connectivity index (χ0) is 23.1. The van der Waals surface area contributed by atoms with Gasteiger partial charge in [0.15, 0.2) is 0 Å². The van der Waals surface area contributed by atoms with Crippen LogP contribution in [0, 0.1) is 5.41 Å². The lowest BCUT2D eigenvalue weighted by Crippen LogP contribution is -2.38. The van der Waals surface area contributed by atoms with Gasteiger partial charge < -0.3 is 26.2 Å². The van der Waals surface area contributed by atoms with Crippen LogP contribution in [-0.2, 0) is 16.1 Å². The summed E-state index contributed by atoms with van der Waals surface area (Å²) in [6, 6.07) is 14.4. The Hall–Kier alpha value is -3.23. The second kappa shape index (κ2) is 10.9. The Morgan fingerprint density at radius 1 is 1.12 bits per heavy atom. The molecule has 6 N–H and O–H groups in total. The number of hydrogen-bond donors (Lipinski definition) is 5. The van der Waals surface area contributed by atoms with Gasteiger partial charge in [-0.05, 0) is 54.2 Å². The van der Waals surface area contributed by atoms with Gasteiger partial charge in [-0.15, -0.1) is 0 Å². The number of aliphatic hydroxyl groups excluding tert-OH is 2. The van der Waals surface area contributed by atoms with Crippen molar-refractivity contribution in [3.63, 3.8) is 0 Å². The van der Waals surface area contributed by atoms with E-state index in [1.807, 2.05) is 12.1 Å². The summed E-state index contributed by atoms with van der Waals surface area (Å²) < 4.78 is 0. The molecule has 1 fully saturated rings. The van der Waals surface area contributed by atoms with Gasteiger partial charge in [0.05, 0.1) is 13.0 Å². The maximum absolute atomic E-state index is 12.7. The zero-order valence-corrected chi connectivity index (χ0v) is 18.0. The highest BCUT2D eigenvalue weighted by molar-refractivity contribution is 5.98. The molecule has 0 saturated heterocycles. The lowest BCUT2D eigenvalue weighted by molar-refractivity contribution is -0.138. The first-order valence-electron chi connectivity index (χ1n) is 10.8. The second-order valence-corrected chi connectivity index (χ2v) is 8.11. The molecule has 0 heterocycles. The number of amidine groups is 1. The topological polar surface area (TPSA) is 140 Å². The molecule has 1 unspecified atom stereocenters. The Labute approximate surface area is 187 Å². The summed E-state index contributed by atoms with van der Waals surface area (Å²) >= 11 is 0. The molecular formula is C24H30N4O4. The summed E-state index contributed by atoms with van der Waals surface area (Å²) in [7, 11) is 0. The minimum Gasteiger partial charge on any atom is -0.395 e. The highest BCUT2D eigenvalue weighted by Crippen LogP contribution is 2.36. The lowest BCUT2D eigenvalue weighted by atomic mass is 9.80. The molecule has 0 aliphatic heterocycles. The Bertz CT molecular complexity index is 939. The first-order valence-corrected chi connectivity index (χ1v) is 10.8. The molecule has 2 aromatic rings. The smallest absolute Gasteiger partial charge is 0.253 e. The van der Waals surface area contributed by atoms with Crippen LogP contribution in [0.3, 0.4) is 0 Å². The number of amides is 2. The van der Waals surface area contributed by atoms with E-state index >= 15 is 0 Å². The Morgan fingerprint density at radius 3 is 2.31 bits per heavy atom. The lowest BCUT2D eigenvalue weighted by Gasteiger charge is -2.26. The standard InChI is InChI=1S/C24H30N4O4/c25-23(26)19-8-10-20(11-9-19)27-24(32)21(30)14-22(31)28(12-13-29)15-16-4-6-18(7-5-16)17-2-1-3-17/h4-11,17,21,29-30H,1-3,12-15H2,(H3,25,26)(H,27,32). The molecule has 0 aromatic heterocycles. The number of carbonyl (C=O) groups excluding carboxylic acids is 2. The van der Waals surface area contributed by atoms with Crippen molar-refractivity contribution in [1.82, 2.24) is 4.90 Å². The van der Waals surface area contributed by atoms with Crippen molar-refractivity contribution in [2.75, 3.05) is 18.5 Å². The molecular weight excluding hydrogens is 408 g/mol. The molecule has 0 radical (unpaired) electrons. The van der Waals surface area contributed by atoms with E-state index in [4.69, 9.17) is 11.1 Å². The SMILES string of the molecule is N=C(N)c1ccc(NC(=O)C(O)CC(=O)N(CCO)Cc2ccc(C3CCC3)cc2)cc1. The van der Waals surface area contributed by atoms with E-state index in [2.05, 4.69) is 17.4 Å². The summed E-state index contributed by atoms with van der Waals surface area (Å²) in [5, 5.41) is 29.5. The average molecular weight is 439 g/mol. The number of nitrogens with zero attached hydrogens (tertiary/aromatic N) is 1. The first-order chi connectivity index (χ1) is 15.4. The van der Waals surface area contributed by atoms with E-state index in [0.29, 0.717) is 23.7 Å². The largest absolute Gasteiger partial charge is 0.395 e. The monoisotopic (exact) mass is 438 g/mol. The van der Waals surface area contributed by atoms with E-state index < -0.39 is 24.3 Å². The molecule has 8 heteroatoms. The van der Waals surface area contributed by atoms with E-state index in [0.717, 1.165) is 5.56 Å². The number of nitrogen functional groups attached to an aromatic ring is 1. The summed E-state index contributed by atoms with van der Waals surface area (Å²) in [4.78, 5) is 26.4. The molecule has 1 atom stereocenters. The highest BCUT2D eigenvalue weighted by atomic mass is 16.3.